The molecule has 0 aliphatic rings. The molecule has 8 heteroatoms. The van der Waals surface area contributed by atoms with Crippen LogP contribution in [-0.4, -0.2) is 45.4 Å². The maximum Gasteiger partial charge on any atom is 0.317 e. The summed E-state index contributed by atoms with van der Waals surface area (Å²) in [5.41, 5.74) is 6.19. The maximum absolute atomic E-state index is 13.2. The number of carboxylic acid groups (broad SMARTS) is 1. The van der Waals surface area contributed by atoms with Crippen molar-refractivity contribution in [2.24, 2.45) is 7.05 Å². The van der Waals surface area contributed by atoms with Gasteiger partial charge in [-0.25, -0.2) is 4.79 Å². The summed E-state index contributed by atoms with van der Waals surface area (Å²) in [7, 11) is 3.46. The van der Waals surface area contributed by atoms with Gasteiger partial charge in [0.15, 0.2) is 0 Å². The van der Waals surface area contributed by atoms with Crippen molar-refractivity contribution in [1.29, 1.82) is 0 Å². The number of aryl methyl sites for hydroxylation is 1. The Hall–Kier alpha value is -4.59. The van der Waals surface area contributed by atoms with Crippen molar-refractivity contribution >= 4 is 12.0 Å². The van der Waals surface area contributed by atoms with Gasteiger partial charge in [0.25, 0.3) is 0 Å². The molecule has 0 bridgehead atoms. The molecule has 4 rings (SSSR count). The highest BCUT2D eigenvalue weighted by Crippen LogP contribution is 2.36. The molecule has 38 heavy (non-hydrogen) atoms. The average molecular weight is 513 g/mol. The largest absolute Gasteiger partial charge is 0.496 e. The van der Waals surface area contributed by atoms with E-state index in [-0.39, 0.29) is 12.5 Å². The first-order valence-corrected chi connectivity index (χ1v) is 12.5. The normalized spacial score (nSPS) is 10.7. The van der Waals surface area contributed by atoms with Crippen molar-refractivity contribution in [1.82, 2.24) is 20.0 Å². The zero-order valence-electron chi connectivity index (χ0n) is 21.8. The summed E-state index contributed by atoms with van der Waals surface area (Å²) >= 11 is 0. The predicted molar refractivity (Wildman–Crippen MR) is 147 cm³/mol. The maximum atomic E-state index is 13.2. The number of ether oxygens (including phenoxy) is 1. The Kier molecular flexibility index (Phi) is 8.43. The first-order valence-electron chi connectivity index (χ1n) is 12.5. The molecule has 3 aromatic carbocycles. The molecule has 0 saturated carbocycles. The molecule has 2 amide bonds. The topological polar surface area (TPSA) is 96.7 Å². The standard InChI is InChI=1S/C30H32N4O4/c1-4-34(30(37)31-17-21-8-6-5-7-9-21)20-24-16-23(25-18-32-33(2)19-25)11-12-26(24)27-14-22(15-29(35)36)10-13-28(27)38-3/h5-14,16,18-19H,4,15,17,20H2,1-3H3,(H,31,37)(H,35,36). The van der Waals surface area contributed by atoms with Crippen LogP contribution >= 0.6 is 0 Å². The number of aromatic nitrogens is 2. The number of amides is 2. The lowest BCUT2D eigenvalue weighted by atomic mass is 9.93. The lowest BCUT2D eigenvalue weighted by molar-refractivity contribution is -0.136. The molecule has 0 aliphatic heterocycles. The average Bonchev–Trinajstić information content (AvgIpc) is 3.36. The van der Waals surface area contributed by atoms with Crippen molar-refractivity contribution in [3.63, 3.8) is 0 Å². The molecular formula is C30H32N4O4. The van der Waals surface area contributed by atoms with E-state index in [1.165, 1.54) is 0 Å². The second kappa shape index (κ2) is 12.1. The number of carboxylic acids is 1. The van der Waals surface area contributed by atoms with Crippen molar-refractivity contribution in [3.05, 3.63) is 95.8 Å². The second-order valence-electron chi connectivity index (χ2n) is 9.04. The van der Waals surface area contributed by atoms with Gasteiger partial charge < -0.3 is 20.1 Å². The van der Waals surface area contributed by atoms with Gasteiger partial charge in [0.1, 0.15) is 5.75 Å². The summed E-state index contributed by atoms with van der Waals surface area (Å²) in [6.45, 7) is 3.24. The molecule has 1 aromatic heterocycles. The molecule has 1 heterocycles. The fraction of sp³-hybridized carbons (Fsp3) is 0.233. The number of hydrogen-bond donors (Lipinski definition) is 2. The second-order valence-corrected chi connectivity index (χ2v) is 9.04. The van der Waals surface area contributed by atoms with Crippen LogP contribution in [0.2, 0.25) is 0 Å². The van der Waals surface area contributed by atoms with Crippen LogP contribution in [0.5, 0.6) is 5.75 Å². The van der Waals surface area contributed by atoms with E-state index in [0.29, 0.717) is 30.9 Å². The monoisotopic (exact) mass is 512 g/mol. The molecule has 0 saturated heterocycles. The smallest absolute Gasteiger partial charge is 0.317 e. The summed E-state index contributed by atoms with van der Waals surface area (Å²) in [5, 5.41) is 16.6. The molecule has 0 radical (unpaired) electrons. The summed E-state index contributed by atoms with van der Waals surface area (Å²) < 4.78 is 7.39. The van der Waals surface area contributed by atoms with Gasteiger partial charge in [-0.1, -0.05) is 48.5 Å². The van der Waals surface area contributed by atoms with Gasteiger partial charge in [-0.15, -0.1) is 0 Å². The van der Waals surface area contributed by atoms with Gasteiger partial charge in [0.2, 0.25) is 0 Å². The molecule has 0 atom stereocenters. The SMILES string of the molecule is CCN(Cc1cc(-c2cnn(C)c2)ccc1-c1cc(CC(=O)O)ccc1OC)C(=O)NCc1ccccc1. The van der Waals surface area contributed by atoms with Gasteiger partial charge in [-0.2, -0.15) is 5.10 Å². The number of nitrogens with one attached hydrogen (secondary N) is 1. The van der Waals surface area contributed by atoms with E-state index in [2.05, 4.69) is 16.5 Å². The fourth-order valence-electron chi connectivity index (χ4n) is 4.41. The van der Waals surface area contributed by atoms with Gasteiger partial charge in [-0.3, -0.25) is 9.48 Å². The van der Waals surface area contributed by atoms with Gasteiger partial charge in [0, 0.05) is 44.0 Å². The third-order valence-corrected chi connectivity index (χ3v) is 6.37. The molecule has 0 fully saturated rings. The molecule has 0 spiro atoms. The van der Waals surface area contributed by atoms with Crippen LogP contribution in [0.1, 0.15) is 23.6 Å². The number of hydrogen-bond acceptors (Lipinski definition) is 4. The number of carbonyl (C=O) groups is 2. The number of urea groups is 1. The zero-order valence-corrected chi connectivity index (χ0v) is 21.8. The molecule has 0 aliphatic carbocycles. The van der Waals surface area contributed by atoms with Crippen LogP contribution in [0, 0.1) is 0 Å². The van der Waals surface area contributed by atoms with Crippen molar-refractivity contribution < 1.29 is 19.4 Å². The fourth-order valence-corrected chi connectivity index (χ4v) is 4.41. The number of rotatable bonds is 10. The first-order chi connectivity index (χ1) is 18.4. The Morgan fingerprint density at radius 3 is 2.45 bits per heavy atom. The molecule has 8 nitrogen and oxygen atoms in total. The number of benzene rings is 3. The first kappa shape index (κ1) is 26.5. The minimum Gasteiger partial charge on any atom is -0.496 e. The summed E-state index contributed by atoms with van der Waals surface area (Å²) in [6, 6.07) is 21.1. The number of methoxy groups -OCH3 is 1. The molecule has 196 valence electrons. The molecule has 4 aromatic rings. The summed E-state index contributed by atoms with van der Waals surface area (Å²) in [4.78, 5) is 26.3. The summed E-state index contributed by atoms with van der Waals surface area (Å²) in [5.74, 6) is -0.272. The summed E-state index contributed by atoms with van der Waals surface area (Å²) in [6.07, 6.45) is 3.65. The molecular weight excluding hydrogens is 480 g/mol. The van der Waals surface area contributed by atoms with E-state index >= 15 is 0 Å². The Morgan fingerprint density at radius 1 is 1.00 bits per heavy atom. The third kappa shape index (κ3) is 6.39. The van der Waals surface area contributed by atoms with Crippen LogP contribution in [0.25, 0.3) is 22.3 Å². The third-order valence-electron chi connectivity index (χ3n) is 6.37. The van der Waals surface area contributed by atoms with Crippen LogP contribution < -0.4 is 10.1 Å². The predicted octanol–water partition coefficient (Wildman–Crippen LogP) is 5.12. The Morgan fingerprint density at radius 2 is 1.79 bits per heavy atom. The Labute approximate surface area is 222 Å². The van der Waals surface area contributed by atoms with Crippen LogP contribution in [0.15, 0.2) is 79.1 Å². The van der Waals surface area contributed by atoms with Crippen LogP contribution in [-0.2, 0) is 31.4 Å². The lowest BCUT2D eigenvalue weighted by Crippen LogP contribution is -2.39. The Balaban J connectivity index is 1.71. The lowest BCUT2D eigenvalue weighted by Gasteiger charge is -2.24. The molecule has 0 unspecified atom stereocenters. The highest BCUT2D eigenvalue weighted by atomic mass is 16.5. The highest BCUT2D eigenvalue weighted by molar-refractivity contribution is 5.80. The van der Waals surface area contributed by atoms with E-state index < -0.39 is 5.97 Å². The van der Waals surface area contributed by atoms with E-state index in [0.717, 1.165) is 33.4 Å². The van der Waals surface area contributed by atoms with Gasteiger partial charge >= 0.3 is 12.0 Å². The van der Waals surface area contributed by atoms with E-state index in [9.17, 15) is 14.7 Å². The van der Waals surface area contributed by atoms with Crippen LogP contribution in [0.4, 0.5) is 4.79 Å². The minimum atomic E-state index is -0.902. The van der Waals surface area contributed by atoms with E-state index in [1.54, 1.807) is 35.0 Å². The molecule has 2 N–H and O–H groups in total. The van der Waals surface area contributed by atoms with E-state index in [4.69, 9.17) is 4.74 Å². The highest BCUT2D eigenvalue weighted by Gasteiger charge is 2.19. The van der Waals surface area contributed by atoms with Crippen molar-refractivity contribution in [2.75, 3.05) is 13.7 Å². The van der Waals surface area contributed by atoms with Crippen molar-refractivity contribution in [3.8, 4) is 28.0 Å². The van der Waals surface area contributed by atoms with Crippen molar-refractivity contribution in [2.45, 2.75) is 26.4 Å². The van der Waals surface area contributed by atoms with Gasteiger partial charge in [-0.05, 0) is 52.9 Å². The number of nitrogens with zero attached hydrogens (tertiary/aromatic N) is 3. The minimum absolute atomic E-state index is 0.0942. The van der Waals surface area contributed by atoms with E-state index in [1.807, 2.05) is 68.7 Å². The number of carbonyl (C=O) groups excluding carboxylic acids is 1. The quantitative estimate of drug-likeness (QED) is 0.307. The van der Waals surface area contributed by atoms with Crippen LogP contribution in [0.3, 0.4) is 0 Å². The Bertz CT molecular complexity index is 1420. The van der Waals surface area contributed by atoms with Gasteiger partial charge in [0.05, 0.1) is 19.7 Å². The zero-order chi connectivity index (χ0) is 27.1. The number of aliphatic carboxylic acids is 1.